The highest BCUT2D eigenvalue weighted by molar-refractivity contribution is 5.80. The van der Waals surface area contributed by atoms with Gasteiger partial charge in [0, 0.05) is 13.7 Å². The summed E-state index contributed by atoms with van der Waals surface area (Å²) in [5, 5.41) is 20.7. The number of hydrogen-bond donors (Lipinski definition) is 2. The Morgan fingerprint density at radius 3 is 2.65 bits per heavy atom. The zero-order valence-corrected chi connectivity index (χ0v) is 11.5. The molecule has 0 heterocycles. The van der Waals surface area contributed by atoms with E-state index in [2.05, 4.69) is 5.32 Å². The van der Waals surface area contributed by atoms with E-state index in [9.17, 15) is 9.90 Å². The number of benzene rings is 1. The number of amides is 1. The number of hydrogen-bond acceptors (Lipinski definition) is 5. The molecule has 2 unspecified atom stereocenters. The number of aliphatic hydroxyl groups excluding tert-OH is 1. The molecule has 2 atom stereocenters. The summed E-state index contributed by atoms with van der Waals surface area (Å²) in [5.74, 6) is 0.175. The Balaban J connectivity index is 2.42. The molecule has 1 rings (SSSR count). The smallest absolute Gasteiger partial charge is 0.260 e. The third kappa shape index (κ3) is 5.26. The van der Waals surface area contributed by atoms with Crippen LogP contribution in [-0.4, -0.2) is 43.5 Å². The first kappa shape index (κ1) is 16.0. The van der Waals surface area contributed by atoms with Crippen LogP contribution in [0.2, 0.25) is 0 Å². The standard InChI is InChI=1S/C14H18N2O4/c1-10(14(18)16-8-12(17)9-19-2)20-13-5-3-11(7-15)4-6-13/h3-6,10,12,17H,8-9H2,1-2H3,(H,16,18). The summed E-state index contributed by atoms with van der Waals surface area (Å²) in [4.78, 5) is 11.7. The number of nitrogens with one attached hydrogen (secondary N) is 1. The van der Waals surface area contributed by atoms with E-state index in [0.717, 1.165) is 0 Å². The zero-order valence-electron chi connectivity index (χ0n) is 11.5. The van der Waals surface area contributed by atoms with Crippen LogP contribution in [0.5, 0.6) is 5.75 Å². The fraction of sp³-hybridized carbons (Fsp3) is 0.429. The zero-order chi connectivity index (χ0) is 15.0. The van der Waals surface area contributed by atoms with Crippen LogP contribution in [0.4, 0.5) is 0 Å². The van der Waals surface area contributed by atoms with Gasteiger partial charge in [-0.05, 0) is 31.2 Å². The van der Waals surface area contributed by atoms with Crippen molar-refractivity contribution < 1.29 is 19.4 Å². The van der Waals surface area contributed by atoms with Gasteiger partial charge in [0.05, 0.1) is 24.3 Å². The predicted octanol–water partition coefficient (Wildman–Crippen LogP) is 0.449. The fourth-order valence-corrected chi connectivity index (χ4v) is 1.48. The molecule has 0 aromatic heterocycles. The van der Waals surface area contributed by atoms with Crippen LogP contribution in [0.1, 0.15) is 12.5 Å². The maximum absolute atomic E-state index is 11.7. The lowest BCUT2D eigenvalue weighted by atomic mass is 10.2. The van der Waals surface area contributed by atoms with Crippen LogP contribution < -0.4 is 10.1 Å². The number of nitrogens with zero attached hydrogens (tertiary/aromatic N) is 1. The van der Waals surface area contributed by atoms with Crippen molar-refractivity contribution in [2.45, 2.75) is 19.1 Å². The number of nitriles is 1. The van der Waals surface area contributed by atoms with Crippen molar-refractivity contribution in [1.82, 2.24) is 5.32 Å². The van der Waals surface area contributed by atoms with Crippen molar-refractivity contribution in [1.29, 1.82) is 5.26 Å². The van der Waals surface area contributed by atoms with Gasteiger partial charge in [0.1, 0.15) is 5.75 Å². The third-order valence-corrected chi connectivity index (χ3v) is 2.54. The Morgan fingerprint density at radius 2 is 2.10 bits per heavy atom. The van der Waals surface area contributed by atoms with Crippen molar-refractivity contribution in [3.8, 4) is 11.8 Å². The van der Waals surface area contributed by atoms with Gasteiger partial charge in [-0.3, -0.25) is 4.79 Å². The van der Waals surface area contributed by atoms with Gasteiger partial charge in [-0.25, -0.2) is 0 Å². The maximum Gasteiger partial charge on any atom is 0.260 e. The second-order valence-corrected chi connectivity index (χ2v) is 4.25. The molecule has 0 fully saturated rings. The van der Waals surface area contributed by atoms with Crippen molar-refractivity contribution in [3.05, 3.63) is 29.8 Å². The molecule has 0 aliphatic heterocycles. The highest BCUT2D eigenvalue weighted by Gasteiger charge is 2.15. The Kier molecular flexibility index (Phi) is 6.50. The van der Waals surface area contributed by atoms with E-state index in [1.807, 2.05) is 6.07 Å². The molecule has 0 spiro atoms. The van der Waals surface area contributed by atoms with Gasteiger partial charge in [0.25, 0.3) is 5.91 Å². The summed E-state index contributed by atoms with van der Waals surface area (Å²) >= 11 is 0. The van der Waals surface area contributed by atoms with Gasteiger partial charge >= 0.3 is 0 Å². The first-order valence-corrected chi connectivity index (χ1v) is 6.18. The Hall–Kier alpha value is -2.10. The molecule has 1 amide bonds. The number of carbonyl (C=O) groups is 1. The summed E-state index contributed by atoms with van der Waals surface area (Å²) in [6.07, 6.45) is -1.44. The van der Waals surface area contributed by atoms with Crippen LogP contribution in [0.25, 0.3) is 0 Å². The van der Waals surface area contributed by atoms with E-state index in [1.54, 1.807) is 31.2 Å². The minimum absolute atomic E-state index is 0.105. The lowest BCUT2D eigenvalue weighted by Crippen LogP contribution is -2.41. The second-order valence-electron chi connectivity index (χ2n) is 4.25. The van der Waals surface area contributed by atoms with Gasteiger partial charge in [-0.1, -0.05) is 0 Å². The van der Waals surface area contributed by atoms with Crippen LogP contribution in [0, 0.1) is 11.3 Å². The van der Waals surface area contributed by atoms with Crippen molar-refractivity contribution in [3.63, 3.8) is 0 Å². The van der Waals surface area contributed by atoms with E-state index in [-0.39, 0.29) is 19.1 Å². The summed E-state index contributed by atoms with van der Waals surface area (Å²) < 4.78 is 10.2. The molecule has 1 aromatic rings. The molecular formula is C14H18N2O4. The molecule has 0 saturated carbocycles. The number of ether oxygens (including phenoxy) is 2. The van der Waals surface area contributed by atoms with Crippen molar-refractivity contribution in [2.24, 2.45) is 0 Å². The Labute approximate surface area is 117 Å². The van der Waals surface area contributed by atoms with Crippen LogP contribution in [-0.2, 0) is 9.53 Å². The van der Waals surface area contributed by atoms with E-state index in [1.165, 1.54) is 7.11 Å². The third-order valence-electron chi connectivity index (χ3n) is 2.54. The molecule has 6 nitrogen and oxygen atoms in total. The summed E-state index contributed by atoms with van der Waals surface area (Å²) in [6.45, 7) is 1.87. The number of rotatable bonds is 7. The minimum atomic E-state index is -0.744. The average molecular weight is 278 g/mol. The normalized spacial score (nSPS) is 13.1. The molecule has 0 saturated heterocycles. The average Bonchev–Trinajstić information content (AvgIpc) is 2.45. The molecule has 108 valence electrons. The SMILES string of the molecule is COCC(O)CNC(=O)C(C)Oc1ccc(C#N)cc1. The van der Waals surface area contributed by atoms with Gasteiger partial charge < -0.3 is 19.9 Å². The van der Waals surface area contributed by atoms with Gasteiger partial charge in [-0.2, -0.15) is 5.26 Å². The van der Waals surface area contributed by atoms with Crippen LogP contribution in [0.3, 0.4) is 0 Å². The van der Waals surface area contributed by atoms with E-state index in [4.69, 9.17) is 14.7 Å². The fourth-order valence-electron chi connectivity index (χ4n) is 1.48. The van der Waals surface area contributed by atoms with Gasteiger partial charge in [0.15, 0.2) is 6.10 Å². The van der Waals surface area contributed by atoms with E-state index < -0.39 is 12.2 Å². The topological polar surface area (TPSA) is 91.6 Å². The van der Waals surface area contributed by atoms with Crippen LogP contribution in [0.15, 0.2) is 24.3 Å². The minimum Gasteiger partial charge on any atom is -0.481 e. The number of methoxy groups -OCH3 is 1. The van der Waals surface area contributed by atoms with E-state index >= 15 is 0 Å². The van der Waals surface area contributed by atoms with Gasteiger partial charge in [0.2, 0.25) is 0 Å². The largest absolute Gasteiger partial charge is 0.481 e. The predicted molar refractivity (Wildman–Crippen MR) is 72.1 cm³/mol. The van der Waals surface area contributed by atoms with E-state index in [0.29, 0.717) is 11.3 Å². The molecule has 1 aromatic carbocycles. The van der Waals surface area contributed by atoms with Crippen molar-refractivity contribution in [2.75, 3.05) is 20.3 Å². The quantitative estimate of drug-likeness (QED) is 0.755. The summed E-state index contributed by atoms with van der Waals surface area (Å²) in [7, 11) is 1.47. The van der Waals surface area contributed by atoms with Crippen molar-refractivity contribution >= 4 is 5.91 Å². The highest BCUT2D eigenvalue weighted by atomic mass is 16.5. The first-order chi connectivity index (χ1) is 9.56. The molecule has 6 heteroatoms. The molecule has 0 bridgehead atoms. The second kappa shape index (κ2) is 8.15. The molecule has 20 heavy (non-hydrogen) atoms. The number of aliphatic hydroxyl groups is 1. The van der Waals surface area contributed by atoms with Crippen LogP contribution >= 0.6 is 0 Å². The molecule has 0 radical (unpaired) electrons. The molecular weight excluding hydrogens is 260 g/mol. The Morgan fingerprint density at radius 1 is 1.45 bits per heavy atom. The maximum atomic E-state index is 11.7. The highest BCUT2D eigenvalue weighted by Crippen LogP contribution is 2.13. The molecule has 0 aliphatic carbocycles. The Bertz CT molecular complexity index is 467. The summed E-state index contributed by atoms with van der Waals surface area (Å²) in [6, 6.07) is 8.48. The molecule has 2 N–H and O–H groups in total. The lowest BCUT2D eigenvalue weighted by Gasteiger charge is -2.16. The van der Waals surface area contributed by atoms with Gasteiger partial charge in [-0.15, -0.1) is 0 Å². The first-order valence-electron chi connectivity index (χ1n) is 6.18. The monoisotopic (exact) mass is 278 g/mol. The number of carbonyl (C=O) groups excluding carboxylic acids is 1. The summed E-state index contributed by atoms with van der Waals surface area (Å²) in [5.41, 5.74) is 0.525. The molecule has 0 aliphatic rings. The lowest BCUT2D eigenvalue weighted by molar-refractivity contribution is -0.127.